The van der Waals surface area contributed by atoms with E-state index in [1.54, 1.807) is 6.26 Å². The van der Waals surface area contributed by atoms with Crippen molar-refractivity contribution in [3.8, 4) is 0 Å². The van der Waals surface area contributed by atoms with E-state index >= 15 is 0 Å². The Morgan fingerprint density at radius 1 is 1.23 bits per heavy atom. The highest BCUT2D eigenvalue weighted by atomic mass is 16.3. The number of hydrogen-bond donors (Lipinski definition) is 0. The van der Waals surface area contributed by atoms with Gasteiger partial charge in [-0.3, -0.25) is 4.79 Å². The molecule has 1 aromatic heterocycles. The van der Waals surface area contributed by atoms with Crippen LogP contribution in [0, 0.1) is 0 Å². The van der Waals surface area contributed by atoms with Crippen molar-refractivity contribution in [3.05, 3.63) is 35.6 Å². The predicted octanol–water partition coefficient (Wildman–Crippen LogP) is 2.87. The number of hydrogen-bond acceptors (Lipinski definition) is 3. The van der Waals surface area contributed by atoms with Gasteiger partial charge < -0.3 is 14.2 Å². The van der Waals surface area contributed by atoms with Crippen LogP contribution >= 0.6 is 0 Å². The molecule has 0 aliphatic carbocycles. The fourth-order valence-electron chi connectivity index (χ4n) is 2.93. The fraction of sp³-hybridized carbons (Fsp3) is 0.500. The van der Waals surface area contributed by atoms with Crippen molar-refractivity contribution < 1.29 is 9.21 Å². The van der Waals surface area contributed by atoms with E-state index in [1.807, 2.05) is 11.0 Å². The lowest BCUT2D eigenvalue weighted by Crippen LogP contribution is -2.47. The Balaban J connectivity index is 1.78. The summed E-state index contributed by atoms with van der Waals surface area (Å²) in [7, 11) is 2.10. The fourth-order valence-corrected chi connectivity index (χ4v) is 2.93. The van der Waals surface area contributed by atoms with Crippen molar-refractivity contribution in [2.45, 2.75) is 26.2 Å². The van der Waals surface area contributed by atoms with E-state index in [1.165, 1.54) is 5.56 Å². The van der Waals surface area contributed by atoms with E-state index in [-0.39, 0.29) is 5.91 Å². The molecule has 4 heteroatoms. The number of amides is 1. The quantitative estimate of drug-likeness (QED) is 0.874. The zero-order valence-corrected chi connectivity index (χ0v) is 13.6. The topological polar surface area (TPSA) is 36.7 Å². The lowest BCUT2D eigenvalue weighted by molar-refractivity contribution is -0.132. The number of carbonyl (C=O) groups is 1. The molecule has 1 fully saturated rings. The monoisotopic (exact) mass is 300 g/mol. The molecule has 0 atom stereocenters. The van der Waals surface area contributed by atoms with Crippen molar-refractivity contribution in [1.82, 2.24) is 9.80 Å². The highest BCUT2D eigenvalue weighted by molar-refractivity contribution is 5.88. The van der Waals surface area contributed by atoms with Gasteiger partial charge in [0.25, 0.3) is 0 Å². The van der Waals surface area contributed by atoms with Gasteiger partial charge in [0.2, 0.25) is 5.91 Å². The third-order valence-corrected chi connectivity index (χ3v) is 4.54. The van der Waals surface area contributed by atoms with Crippen LogP contribution in [0.3, 0.4) is 0 Å². The maximum atomic E-state index is 12.5. The zero-order chi connectivity index (χ0) is 15.7. The molecule has 1 aromatic carbocycles. The number of nitrogens with zero attached hydrogens (tertiary/aromatic N) is 2. The van der Waals surface area contributed by atoms with Crippen molar-refractivity contribution >= 4 is 16.9 Å². The molecule has 1 aliphatic rings. The summed E-state index contributed by atoms with van der Waals surface area (Å²) in [6.45, 7) is 7.90. The van der Waals surface area contributed by atoms with Gasteiger partial charge in [-0.15, -0.1) is 0 Å². The van der Waals surface area contributed by atoms with Gasteiger partial charge in [-0.25, -0.2) is 0 Å². The molecule has 0 radical (unpaired) electrons. The first-order valence-electron chi connectivity index (χ1n) is 8.01. The van der Waals surface area contributed by atoms with Crippen LogP contribution in [0.25, 0.3) is 11.0 Å². The molecule has 2 heterocycles. The Hall–Kier alpha value is -1.81. The molecule has 0 N–H and O–H groups in total. The Morgan fingerprint density at radius 2 is 1.95 bits per heavy atom. The van der Waals surface area contributed by atoms with Gasteiger partial charge in [0, 0.05) is 37.1 Å². The molecule has 2 aromatic rings. The molecule has 0 bridgehead atoms. The Labute approximate surface area is 131 Å². The summed E-state index contributed by atoms with van der Waals surface area (Å²) in [6.07, 6.45) is 2.17. The van der Waals surface area contributed by atoms with Gasteiger partial charge in [-0.1, -0.05) is 19.9 Å². The zero-order valence-electron chi connectivity index (χ0n) is 13.6. The van der Waals surface area contributed by atoms with Gasteiger partial charge in [-0.2, -0.15) is 0 Å². The summed E-state index contributed by atoms with van der Waals surface area (Å²) < 4.78 is 5.61. The molecule has 3 rings (SSSR count). The number of furan rings is 1. The van der Waals surface area contributed by atoms with Crippen LogP contribution < -0.4 is 0 Å². The molecule has 1 amide bonds. The Morgan fingerprint density at radius 3 is 2.64 bits per heavy atom. The minimum Gasteiger partial charge on any atom is -0.464 e. The predicted molar refractivity (Wildman–Crippen MR) is 88.1 cm³/mol. The molecule has 4 nitrogen and oxygen atoms in total. The summed E-state index contributed by atoms with van der Waals surface area (Å²) in [6, 6.07) is 6.27. The highest BCUT2D eigenvalue weighted by Crippen LogP contribution is 2.26. The summed E-state index contributed by atoms with van der Waals surface area (Å²) in [5.41, 5.74) is 3.15. The van der Waals surface area contributed by atoms with Crippen LogP contribution in [0.15, 0.2) is 28.9 Å². The van der Waals surface area contributed by atoms with Crippen molar-refractivity contribution in [2.75, 3.05) is 33.2 Å². The van der Waals surface area contributed by atoms with E-state index in [0.717, 1.165) is 42.7 Å². The van der Waals surface area contributed by atoms with E-state index in [2.05, 4.69) is 37.9 Å². The second kappa shape index (κ2) is 6.13. The van der Waals surface area contributed by atoms with Crippen LogP contribution in [0.4, 0.5) is 0 Å². The third-order valence-electron chi connectivity index (χ3n) is 4.54. The lowest BCUT2D eigenvalue weighted by atomic mass is 10.00. The first-order valence-corrected chi connectivity index (χ1v) is 8.01. The number of benzene rings is 1. The molecule has 1 aliphatic heterocycles. The number of fused-ring (bicyclic) bond motifs is 1. The lowest BCUT2D eigenvalue weighted by Gasteiger charge is -2.32. The normalized spacial score (nSPS) is 16.6. The summed E-state index contributed by atoms with van der Waals surface area (Å²) in [5, 5.41) is 1.08. The molecule has 22 heavy (non-hydrogen) atoms. The highest BCUT2D eigenvalue weighted by Gasteiger charge is 2.20. The third kappa shape index (κ3) is 3.02. The number of carbonyl (C=O) groups excluding carboxylic acids is 1. The van der Waals surface area contributed by atoms with Crippen LogP contribution in [0.5, 0.6) is 0 Å². The van der Waals surface area contributed by atoms with Gasteiger partial charge >= 0.3 is 0 Å². The van der Waals surface area contributed by atoms with Gasteiger partial charge in [-0.05, 0) is 30.7 Å². The maximum Gasteiger partial charge on any atom is 0.227 e. The second-order valence-electron chi connectivity index (χ2n) is 6.53. The smallest absolute Gasteiger partial charge is 0.227 e. The van der Waals surface area contributed by atoms with E-state index < -0.39 is 0 Å². The average Bonchev–Trinajstić information content (AvgIpc) is 2.90. The Kier molecular flexibility index (Phi) is 4.21. The largest absolute Gasteiger partial charge is 0.464 e. The van der Waals surface area contributed by atoms with Crippen molar-refractivity contribution in [1.29, 1.82) is 0 Å². The molecule has 0 saturated carbocycles. The van der Waals surface area contributed by atoms with Gasteiger partial charge in [0.05, 0.1) is 12.7 Å². The van der Waals surface area contributed by atoms with E-state index in [0.29, 0.717) is 12.3 Å². The van der Waals surface area contributed by atoms with E-state index in [9.17, 15) is 4.79 Å². The molecular weight excluding hydrogens is 276 g/mol. The number of piperazine rings is 1. The van der Waals surface area contributed by atoms with Crippen molar-refractivity contribution in [2.24, 2.45) is 0 Å². The summed E-state index contributed by atoms with van der Waals surface area (Å²) in [4.78, 5) is 16.7. The molecule has 0 unspecified atom stereocenters. The standard InChI is InChI=1S/C18H24N2O2/c1-13(2)14-4-5-17-16(10-14)15(12-22-17)11-18(21)20-8-6-19(3)7-9-20/h4-5,10,12-13H,6-9,11H2,1-3H3. The first-order chi connectivity index (χ1) is 10.5. The minimum absolute atomic E-state index is 0.200. The van der Waals surface area contributed by atoms with Crippen LogP contribution in [0.1, 0.15) is 30.9 Å². The SMILES string of the molecule is CC(C)c1ccc2occ(CC(=O)N3CCN(C)CC3)c2c1. The molecule has 0 spiro atoms. The first kappa shape index (κ1) is 15.1. The molecule has 118 valence electrons. The average molecular weight is 300 g/mol. The number of likely N-dealkylation sites (N-methyl/N-ethyl adjacent to an activating group) is 1. The van der Waals surface area contributed by atoms with Crippen LogP contribution in [0.2, 0.25) is 0 Å². The van der Waals surface area contributed by atoms with Gasteiger partial charge in [0.1, 0.15) is 5.58 Å². The molecular formula is C18H24N2O2. The van der Waals surface area contributed by atoms with E-state index in [4.69, 9.17) is 4.42 Å². The van der Waals surface area contributed by atoms with Crippen LogP contribution in [-0.2, 0) is 11.2 Å². The Bertz CT molecular complexity index is 667. The minimum atomic E-state index is 0.200. The summed E-state index contributed by atoms with van der Waals surface area (Å²) in [5.74, 6) is 0.672. The van der Waals surface area contributed by atoms with Crippen molar-refractivity contribution in [3.63, 3.8) is 0 Å². The van der Waals surface area contributed by atoms with Crippen LogP contribution in [-0.4, -0.2) is 48.9 Å². The van der Waals surface area contributed by atoms with Gasteiger partial charge in [0.15, 0.2) is 0 Å². The number of rotatable bonds is 3. The molecule has 1 saturated heterocycles. The second-order valence-corrected chi connectivity index (χ2v) is 6.53. The maximum absolute atomic E-state index is 12.5. The summed E-state index contributed by atoms with van der Waals surface area (Å²) >= 11 is 0.